The molecule has 1 aromatic rings. The maximum atomic E-state index is 12.6. The minimum atomic E-state index is -4.55. The highest BCUT2D eigenvalue weighted by molar-refractivity contribution is 7.99. The maximum Gasteiger partial charge on any atom is 0.433 e. The number of amides is 1. The molecule has 1 aliphatic carbocycles. The molecule has 0 aromatic carbocycles. The standard InChI is InChI=1S/C15H17F3N4OS/c1-22(14(10-19)6-3-2-4-7-14)12(23)9-24-13-20-8-5-11(21-13)15(16,17)18/h5,8H,2-4,6-7,9H2,1H3. The molecule has 1 heterocycles. The van der Waals surface area contributed by atoms with Crippen LogP contribution in [0, 0.1) is 11.3 Å². The summed E-state index contributed by atoms with van der Waals surface area (Å²) in [7, 11) is 1.57. The maximum absolute atomic E-state index is 12.6. The highest BCUT2D eigenvalue weighted by atomic mass is 32.2. The van der Waals surface area contributed by atoms with E-state index in [0.29, 0.717) is 12.8 Å². The van der Waals surface area contributed by atoms with Crippen molar-refractivity contribution in [2.45, 2.75) is 49.0 Å². The van der Waals surface area contributed by atoms with Crippen LogP contribution in [0.5, 0.6) is 0 Å². The van der Waals surface area contributed by atoms with Gasteiger partial charge in [0.25, 0.3) is 0 Å². The van der Waals surface area contributed by atoms with Crippen molar-refractivity contribution < 1.29 is 18.0 Å². The fourth-order valence-corrected chi connectivity index (χ4v) is 3.43. The molecule has 0 atom stereocenters. The van der Waals surface area contributed by atoms with E-state index >= 15 is 0 Å². The average molecular weight is 358 g/mol. The lowest BCUT2D eigenvalue weighted by Crippen LogP contribution is -2.50. The van der Waals surface area contributed by atoms with E-state index in [-0.39, 0.29) is 16.8 Å². The Morgan fingerprint density at radius 1 is 1.42 bits per heavy atom. The largest absolute Gasteiger partial charge is 0.433 e. The van der Waals surface area contributed by atoms with E-state index in [4.69, 9.17) is 0 Å². The Kier molecular flexibility index (Phi) is 5.70. The molecule has 130 valence electrons. The Bertz CT molecular complexity index is 638. The van der Waals surface area contributed by atoms with E-state index in [1.54, 1.807) is 7.05 Å². The second-order valence-corrected chi connectivity index (χ2v) is 6.61. The Balaban J connectivity index is 2.01. The second-order valence-electron chi connectivity index (χ2n) is 5.67. The molecule has 1 saturated carbocycles. The lowest BCUT2D eigenvalue weighted by atomic mass is 9.81. The van der Waals surface area contributed by atoms with Gasteiger partial charge in [0, 0.05) is 13.2 Å². The van der Waals surface area contributed by atoms with Crippen molar-refractivity contribution in [1.29, 1.82) is 5.26 Å². The fourth-order valence-electron chi connectivity index (χ4n) is 2.69. The first-order chi connectivity index (χ1) is 11.3. The molecule has 1 aromatic heterocycles. The van der Waals surface area contributed by atoms with E-state index in [9.17, 15) is 23.2 Å². The number of hydrogen-bond acceptors (Lipinski definition) is 5. The zero-order valence-corrected chi connectivity index (χ0v) is 14.0. The van der Waals surface area contributed by atoms with Crippen molar-refractivity contribution in [1.82, 2.24) is 14.9 Å². The summed E-state index contributed by atoms with van der Waals surface area (Å²) in [6.45, 7) is 0. The van der Waals surface area contributed by atoms with Gasteiger partial charge in [-0.3, -0.25) is 4.79 Å². The first kappa shape index (κ1) is 18.5. The molecule has 0 spiro atoms. The molecule has 1 aliphatic rings. The van der Waals surface area contributed by atoms with Gasteiger partial charge in [0.1, 0.15) is 11.2 Å². The van der Waals surface area contributed by atoms with Crippen LogP contribution in [0.15, 0.2) is 17.4 Å². The fraction of sp³-hybridized carbons (Fsp3) is 0.600. The Labute approximate surface area is 142 Å². The molecule has 1 amide bonds. The Hall–Kier alpha value is -1.82. The van der Waals surface area contributed by atoms with Crippen LogP contribution in [-0.4, -0.2) is 39.1 Å². The summed E-state index contributed by atoms with van der Waals surface area (Å²) in [5.74, 6) is -0.425. The van der Waals surface area contributed by atoms with Crippen LogP contribution < -0.4 is 0 Å². The molecular formula is C15H17F3N4OS. The molecule has 5 nitrogen and oxygen atoms in total. The van der Waals surface area contributed by atoms with E-state index < -0.39 is 17.4 Å². The van der Waals surface area contributed by atoms with Gasteiger partial charge in [-0.2, -0.15) is 18.4 Å². The summed E-state index contributed by atoms with van der Waals surface area (Å²) in [5, 5.41) is 9.36. The lowest BCUT2D eigenvalue weighted by Gasteiger charge is -2.39. The van der Waals surface area contributed by atoms with Gasteiger partial charge in [0.15, 0.2) is 5.16 Å². The topological polar surface area (TPSA) is 69.9 Å². The quantitative estimate of drug-likeness (QED) is 0.610. The van der Waals surface area contributed by atoms with Crippen molar-refractivity contribution in [3.63, 3.8) is 0 Å². The zero-order chi connectivity index (χ0) is 17.8. The number of carbonyl (C=O) groups is 1. The van der Waals surface area contributed by atoms with Gasteiger partial charge in [0.05, 0.1) is 11.8 Å². The van der Waals surface area contributed by atoms with Crippen molar-refractivity contribution in [3.05, 3.63) is 18.0 Å². The number of hydrogen-bond donors (Lipinski definition) is 0. The van der Waals surface area contributed by atoms with Gasteiger partial charge >= 0.3 is 6.18 Å². The molecular weight excluding hydrogens is 341 g/mol. The van der Waals surface area contributed by atoms with Crippen molar-refractivity contribution >= 4 is 17.7 Å². The van der Waals surface area contributed by atoms with E-state index in [1.165, 1.54) is 4.90 Å². The summed E-state index contributed by atoms with van der Waals surface area (Å²) in [6, 6.07) is 3.02. The minimum Gasteiger partial charge on any atom is -0.326 e. The summed E-state index contributed by atoms with van der Waals surface area (Å²) in [5.41, 5.74) is -1.86. The summed E-state index contributed by atoms with van der Waals surface area (Å²) in [4.78, 5) is 20.9. The number of alkyl halides is 3. The molecule has 0 bridgehead atoms. The van der Waals surface area contributed by atoms with Crippen LogP contribution in [0.2, 0.25) is 0 Å². The zero-order valence-electron chi connectivity index (χ0n) is 13.1. The summed E-state index contributed by atoms with van der Waals surface area (Å²) >= 11 is 0.837. The van der Waals surface area contributed by atoms with Gasteiger partial charge in [-0.25, -0.2) is 9.97 Å². The number of aromatic nitrogens is 2. The van der Waals surface area contributed by atoms with Gasteiger partial charge in [-0.1, -0.05) is 31.0 Å². The summed E-state index contributed by atoms with van der Waals surface area (Å²) < 4.78 is 37.9. The molecule has 0 aliphatic heterocycles. The molecule has 0 saturated heterocycles. The average Bonchev–Trinajstić information content (AvgIpc) is 2.59. The normalized spacial score (nSPS) is 17.1. The monoisotopic (exact) mass is 358 g/mol. The third-order valence-electron chi connectivity index (χ3n) is 4.15. The molecule has 24 heavy (non-hydrogen) atoms. The van der Waals surface area contributed by atoms with Crippen LogP contribution in [0.25, 0.3) is 0 Å². The van der Waals surface area contributed by atoms with Crippen molar-refractivity contribution in [2.24, 2.45) is 0 Å². The number of rotatable bonds is 4. The van der Waals surface area contributed by atoms with Crippen LogP contribution in [0.1, 0.15) is 37.8 Å². The Morgan fingerprint density at radius 3 is 2.67 bits per heavy atom. The van der Waals surface area contributed by atoms with E-state index in [1.807, 2.05) is 0 Å². The number of carbonyl (C=O) groups excluding carboxylic acids is 1. The SMILES string of the molecule is CN(C(=O)CSc1nccc(C(F)(F)F)n1)C1(C#N)CCCCC1. The molecule has 2 rings (SSSR count). The smallest absolute Gasteiger partial charge is 0.326 e. The van der Waals surface area contributed by atoms with Crippen molar-refractivity contribution in [3.8, 4) is 6.07 Å². The lowest BCUT2D eigenvalue weighted by molar-refractivity contribution is -0.141. The van der Waals surface area contributed by atoms with Crippen LogP contribution in [-0.2, 0) is 11.0 Å². The van der Waals surface area contributed by atoms with Crippen LogP contribution >= 0.6 is 11.8 Å². The molecule has 0 unspecified atom stereocenters. The number of nitriles is 1. The van der Waals surface area contributed by atoms with E-state index in [0.717, 1.165) is 43.3 Å². The highest BCUT2D eigenvalue weighted by Crippen LogP contribution is 2.33. The number of thioether (sulfide) groups is 1. The van der Waals surface area contributed by atoms with Crippen LogP contribution in [0.3, 0.4) is 0 Å². The first-order valence-corrected chi connectivity index (χ1v) is 8.48. The minimum absolute atomic E-state index is 0.110. The summed E-state index contributed by atoms with van der Waals surface area (Å²) in [6.07, 6.45) is 0.519. The predicted molar refractivity (Wildman–Crippen MR) is 82.0 cm³/mol. The molecule has 9 heteroatoms. The first-order valence-electron chi connectivity index (χ1n) is 7.49. The Morgan fingerprint density at radius 2 is 2.08 bits per heavy atom. The van der Waals surface area contributed by atoms with Gasteiger partial charge < -0.3 is 4.90 Å². The molecule has 1 fully saturated rings. The van der Waals surface area contributed by atoms with Crippen molar-refractivity contribution in [2.75, 3.05) is 12.8 Å². The van der Waals surface area contributed by atoms with E-state index in [2.05, 4.69) is 16.0 Å². The second kappa shape index (κ2) is 7.38. The third-order valence-corrected chi connectivity index (χ3v) is 5.00. The number of halogens is 3. The molecule has 0 radical (unpaired) electrons. The van der Waals surface area contributed by atoms with Gasteiger partial charge in [-0.05, 0) is 18.9 Å². The molecule has 0 N–H and O–H groups in total. The predicted octanol–water partition coefficient (Wildman–Crippen LogP) is 3.27. The van der Waals surface area contributed by atoms with Gasteiger partial charge in [0.2, 0.25) is 5.91 Å². The highest BCUT2D eigenvalue weighted by Gasteiger charge is 2.38. The van der Waals surface area contributed by atoms with Crippen LogP contribution in [0.4, 0.5) is 13.2 Å². The van der Waals surface area contributed by atoms with Gasteiger partial charge in [-0.15, -0.1) is 0 Å². The number of nitrogens with zero attached hydrogens (tertiary/aromatic N) is 4. The third kappa shape index (κ3) is 4.17.